The summed E-state index contributed by atoms with van der Waals surface area (Å²) >= 11 is 0. The molecule has 0 spiro atoms. The van der Waals surface area contributed by atoms with Crippen molar-refractivity contribution >= 4 is 17.5 Å². The molecule has 0 saturated heterocycles. The van der Waals surface area contributed by atoms with Crippen molar-refractivity contribution in [3.05, 3.63) is 47.7 Å². The number of nitrogens with one attached hydrogen (secondary N) is 1. The summed E-state index contributed by atoms with van der Waals surface area (Å²) in [5.41, 5.74) is 1.28. The molecule has 0 aliphatic heterocycles. The van der Waals surface area contributed by atoms with Crippen molar-refractivity contribution in [1.82, 2.24) is 4.98 Å². The number of para-hydroxylation sites is 1. The Bertz CT molecular complexity index is 594. The normalized spacial score (nSPS) is 10.2. The molecule has 98 valence electrons. The molecule has 0 radical (unpaired) electrons. The molecule has 5 nitrogen and oxygen atoms in total. The van der Waals surface area contributed by atoms with Gasteiger partial charge >= 0.3 is 5.97 Å². The van der Waals surface area contributed by atoms with Crippen LogP contribution in [0.5, 0.6) is 5.75 Å². The number of anilines is 2. The fourth-order valence-electron chi connectivity index (χ4n) is 1.66. The van der Waals surface area contributed by atoms with Crippen LogP contribution >= 0.6 is 0 Å². The Morgan fingerprint density at radius 3 is 2.68 bits per heavy atom. The lowest BCUT2D eigenvalue weighted by atomic mass is 10.1. The Labute approximate surface area is 110 Å². The van der Waals surface area contributed by atoms with Crippen molar-refractivity contribution in [1.29, 1.82) is 0 Å². The number of aromatic hydroxyl groups is 1. The molecule has 2 rings (SSSR count). The highest BCUT2D eigenvalue weighted by Gasteiger charge is 2.13. The highest BCUT2D eigenvalue weighted by molar-refractivity contribution is 5.93. The van der Waals surface area contributed by atoms with Crippen molar-refractivity contribution in [2.75, 3.05) is 5.32 Å². The van der Waals surface area contributed by atoms with Gasteiger partial charge in [-0.15, -0.1) is 0 Å². The average molecular weight is 258 g/mol. The maximum absolute atomic E-state index is 10.9. The summed E-state index contributed by atoms with van der Waals surface area (Å²) in [7, 11) is 0. The minimum Gasteiger partial charge on any atom is -0.505 e. The van der Waals surface area contributed by atoms with Gasteiger partial charge in [0.15, 0.2) is 5.75 Å². The number of aryl methyl sites for hydroxylation is 1. The van der Waals surface area contributed by atoms with Gasteiger partial charge in [0.25, 0.3) is 0 Å². The number of aromatic carboxylic acids is 1. The summed E-state index contributed by atoms with van der Waals surface area (Å²) < 4.78 is 0. The Hall–Kier alpha value is -2.56. The largest absolute Gasteiger partial charge is 0.505 e. The maximum Gasteiger partial charge on any atom is 0.339 e. The van der Waals surface area contributed by atoms with Gasteiger partial charge in [-0.3, -0.25) is 0 Å². The minimum atomic E-state index is -1.17. The SMILES string of the molecule is CCc1ccc(Nc2cccc(C(=O)O)c2O)nc1. The summed E-state index contributed by atoms with van der Waals surface area (Å²) in [6.07, 6.45) is 2.63. The summed E-state index contributed by atoms with van der Waals surface area (Å²) in [6, 6.07) is 8.21. The van der Waals surface area contributed by atoms with Crippen LogP contribution in [-0.4, -0.2) is 21.2 Å². The van der Waals surface area contributed by atoms with Crippen LogP contribution in [0.3, 0.4) is 0 Å². The number of aromatic nitrogens is 1. The Morgan fingerprint density at radius 1 is 1.32 bits per heavy atom. The first-order valence-electron chi connectivity index (χ1n) is 5.89. The van der Waals surface area contributed by atoms with E-state index >= 15 is 0 Å². The molecule has 0 fully saturated rings. The number of carbonyl (C=O) groups is 1. The molecule has 1 heterocycles. The number of nitrogens with zero attached hydrogens (tertiary/aromatic N) is 1. The first-order chi connectivity index (χ1) is 9.11. The van der Waals surface area contributed by atoms with Crippen LogP contribution in [0, 0.1) is 0 Å². The number of hydrogen-bond acceptors (Lipinski definition) is 4. The molecule has 0 bridgehead atoms. The van der Waals surface area contributed by atoms with E-state index in [-0.39, 0.29) is 11.3 Å². The van der Waals surface area contributed by atoms with E-state index in [1.165, 1.54) is 6.07 Å². The summed E-state index contributed by atoms with van der Waals surface area (Å²) in [5, 5.41) is 21.7. The molecule has 1 aromatic heterocycles. The van der Waals surface area contributed by atoms with Crippen molar-refractivity contribution in [3.8, 4) is 5.75 Å². The lowest BCUT2D eigenvalue weighted by Gasteiger charge is -2.09. The molecule has 19 heavy (non-hydrogen) atoms. The van der Waals surface area contributed by atoms with Gasteiger partial charge in [0.2, 0.25) is 0 Å². The zero-order chi connectivity index (χ0) is 13.8. The Balaban J connectivity index is 2.27. The van der Waals surface area contributed by atoms with Gasteiger partial charge < -0.3 is 15.5 Å². The van der Waals surface area contributed by atoms with Crippen molar-refractivity contribution in [3.63, 3.8) is 0 Å². The van der Waals surface area contributed by atoms with Gasteiger partial charge in [-0.2, -0.15) is 0 Å². The third-order valence-electron chi connectivity index (χ3n) is 2.76. The summed E-state index contributed by atoms with van der Waals surface area (Å²) in [5.74, 6) is -0.915. The van der Waals surface area contributed by atoms with Gasteiger partial charge in [-0.1, -0.05) is 19.1 Å². The molecular formula is C14H14N2O3. The topological polar surface area (TPSA) is 82.5 Å². The molecule has 0 aliphatic carbocycles. The van der Waals surface area contributed by atoms with Crippen LogP contribution in [0.2, 0.25) is 0 Å². The molecule has 5 heteroatoms. The molecule has 0 amide bonds. The first kappa shape index (κ1) is 12.9. The first-order valence-corrected chi connectivity index (χ1v) is 5.89. The van der Waals surface area contributed by atoms with E-state index in [0.29, 0.717) is 11.5 Å². The van der Waals surface area contributed by atoms with Crippen molar-refractivity contribution in [2.45, 2.75) is 13.3 Å². The van der Waals surface area contributed by atoms with E-state index in [1.807, 2.05) is 13.0 Å². The molecule has 2 aromatic rings. The second kappa shape index (κ2) is 5.39. The van der Waals surface area contributed by atoms with E-state index in [2.05, 4.69) is 10.3 Å². The van der Waals surface area contributed by atoms with E-state index in [1.54, 1.807) is 24.4 Å². The molecule has 1 aromatic carbocycles. The minimum absolute atomic E-state index is 0.143. The lowest BCUT2D eigenvalue weighted by Crippen LogP contribution is -2.00. The van der Waals surface area contributed by atoms with E-state index < -0.39 is 5.97 Å². The molecular weight excluding hydrogens is 244 g/mol. The van der Waals surface area contributed by atoms with Crippen LogP contribution in [0.15, 0.2) is 36.5 Å². The van der Waals surface area contributed by atoms with Gasteiger partial charge in [-0.05, 0) is 30.2 Å². The maximum atomic E-state index is 10.9. The fraction of sp³-hybridized carbons (Fsp3) is 0.143. The van der Waals surface area contributed by atoms with Crippen LogP contribution in [0.4, 0.5) is 11.5 Å². The second-order valence-electron chi connectivity index (χ2n) is 4.04. The van der Waals surface area contributed by atoms with Crippen LogP contribution < -0.4 is 5.32 Å². The lowest BCUT2D eigenvalue weighted by molar-refractivity contribution is 0.0694. The molecule has 0 atom stereocenters. The molecule has 0 unspecified atom stereocenters. The summed E-state index contributed by atoms with van der Waals surface area (Å²) in [6.45, 7) is 2.03. The van der Waals surface area contributed by atoms with Gasteiger partial charge in [-0.25, -0.2) is 9.78 Å². The zero-order valence-electron chi connectivity index (χ0n) is 10.4. The third kappa shape index (κ3) is 2.82. The van der Waals surface area contributed by atoms with Gasteiger partial charge in [0.05, 0.1) is 5.69 Å². The van der Waals surface area contributed by atoms with E-state index in [4.69, 9.17) is 5.11 Å². The van der Waals surface area contributed by atoms with Crippen LogP contribution in [0.1, 0.15) is 22.8 Å². The van der Waals surface area contributed by atoms with E-state index in [0.717, 1.165) is 12.0 Å². The number of pyridine rings is 1. The predicted octanol–water partition coefficient (Wildman–Crippen LogP) is 2.79. The van der Waals surface area contributed by atoms with Crippen LogP contribution in [-0.2, 0) is 6.42 Å². The Morgan fingerprint density at radius 2 is 2.11 bits per heavy atom. The number of hydrogen-bond donors (Lipinski definition) is 3. The quantitative estimate of drug-likeness (QED) is 0.734. The van der Waals surface area contributed by atoms with Gasteiger partial charge in [0, 0.05) is 6.20 Å². The highest BCUT2D eigenvalue weighted by Crippen LogP contribution is 2.29. The highest BCUT2D eigenvalue weighted by atomic mass is 16.4. The fourth-order valence-corrected chi connectivity index (χ4v) is 1.66. The van der Waals surface area contributed by atoms with E-state index in [9.17, 15) is 9.90 Å². The zero-order valence-corrected chi connectivity index (χ0v) is 10.4. The number of benzene rings is 1. The number of phenols is 1. The summed E-state index contributed by atoms with van der Waals surface area (Å²) in [4.78, 5) is 15.1. The Kier molecular flexibility index (Phi) is 3.66. The van der Waals surface area contributed by atoms with Crippen LogP contribution in [0.25, 0.3) is 0 Å². The standard InChI is InChI=1S/C14H14N2O3/c1-2-9-6-7-12(15-8-9)16-11-5-3-4-10(13(11)17)14(18)19/h3-8,17H,2H2,1H3,(H,15,16)(H,18,19). The van der Waals surface area contributed by atoms with Crippen molar-refractivity contribution < 1.29 is 15.0 Å². The number of carboxylic acid groups (broad SMARTS) is 1. The van der Waals surface area contributed by atoms with Gasteiger partial charge in [0.1, 0.15) is 11.4 Å². The smallest absolute Gasteiger partial charge is 0.339 e. The monoisotopic (exact) mass is 258 g/mol. The number of carboxylic acids is 1. The van der Waals surface area contributed by atoms with Crippen molar-refractivity contribution in [2.24, 2.45) is 0 Å². The second-order valence-corrected chi connectivity index (χ2v) is 4.04. The molecule has 0 aliphatic rings. The molecule has 3 N–H and O–H groups in total. The molecule has 0 saturated carbocycles. The number of rotatable bonds is 4. The average Bonchev–Trinajstić information content (AvgIpc) is 2.41. The third-order valence-corrected chi connectivity index (χ3v) is 2.76. The predicted molar refractivity (Wildman–Crippen MR) is 72.0 cm³/mol.